The number of rotatable bonds is 4. The van der Waals surface area contributed by atoms with Crippen LogP contribution in [-0.2, 0) is 21.0 Å². The lowest BCUT2D eigenvalue weighted by Gasteiger charge is -2.21. The number of hydrogen-bond acceptors (Lipinski definition) is 6. The van der Waals surface area contributed by atoms with E-state index in [1.807, 2.05) is 0 Å². The van der Waals surface area contributed by atoms with Crippen LogP contribution in [0.15, 0.2) is 4.52 Å². The lowest BCUT2D eigenvalue weighted by atomic mass is 9.96. The predicted octanol–water partition coefficient (Wildman–Crippen LogP) is 0.891. The van der Waals surface area contributed by atoms with E-state index < -0.39 is 14.6 Å². The van der Waals surface area contributed by atoms with Gasteiger partial charge in [-0.05, 0) is 45.7 Å². The molecular weight excluding hydrogens is 266 g/mol. The summed E-state index contributed by atoms with van der Waals surface area (Å²) in [7, 11) is -3.28. The van der Waals surface area contributed by atoms with Gasteiger partial charge < -0.3 is 9.84 Å². The predicted molar refractivity (Wildman–Crippen MR) is 71.5 cm³/mol. The zero-order valence-corrected chi connectivity index (χ0v) is 12.5. The second-order valence-electron chi connectivity index (χ2n) is 5.71. The van der Waals surface area contributed by atoms with E-state index in [1.165, 1.54) is 6.26 Å². The van der Waals surface area contributed by atoms with E-state index in [4.69, 9.17) is 4.52 Å². The van der Waals surface area contributed by atoms with Crippen LogP contribution in [-0.4, -0.2) is 37.9 Å². The number of hydrogen-bond donors (Lipinski definition) is 1. The van der Waals surface area contributed by atoms with Gasteiger partial charge in [0, 0.05) is 12.7 Å². The van der Waals surface area contributed by atoms with Crippen LogP contribution in [0.25, 0.3) is 0 Å². The molecule has 19 heavy (non-hydrogen) atoms. The molecule has 0 radical (unpaired) electrons. The SMILES string of the molecule is CC(C)(c1nc(CC2CCCNC2)no1)S(C)(=O)=O. The average Bonchev–Trinajstić information content (AvgIpc) is 2.78. The first kappa shape index (κ1) is 14.5. The van der Waals surface area contributed by atoms with Gasteiger partial charge in [-0.2, -0.15) is 4.98 Å². The summed E-state index contributed by atoms with van der Waals surface area (Å²) in [6.07, 6.45) is 4.22. The highest BCUT2D eigenvalue weighted by atomic mass is 32.2. The Balaban J connectivity index is 2.10. The van der Waals surface area contributed by atoms with Crippen molar-refractivity contribution in [1.82, 2.24) is 15.5 Å². The highest BCUT2D eigenvalue weighted by Gasteiger charge is 2.38. The zero-order chi connectivity index (χ0) is 14.1. The first-order chi connectivity index (χ1) is 8.80. The molecule has 6 nitrogen and oxygen atoms in total. The van der Waals surface area contributed by atoms with Crippen LogP contribution in [0.2, 0.25) is 0 Å². The van der Waals surface area contributed by atoms with Crippen molar-refractivity contribution in [2.24, 2.45) is 5.92 Å². The van der Waals surface area contributed by atoms with Crippen molar-refractivity contribution in [2.45, 2.75) is 37.9 Å². The fourth-order valence-electron chi connectivity index (χ4n) is 2.10. The molecule has 0 bridgehead atoms. The maximum absolute atomic E-state index is 11.7. The summed E-state index contributed by atoms with van der Waals surface area (Å²) in [6, 6.07) is 0. The van der Waals surface area contributed by atoms with Crippen LogP contribution >= 0.6 is 0 Å². The van der Waals surface area contributed by atoms with Gasteiger partial charge in [-0.1, -0.05) is 5.16 Å². The smallest absolute Gasteiger partial charge is 0.247 e. The van der Waals surface area contributed by atoms with Gasteiger partial charge in [0.2, 0.25) is 5.89 Å². The normalized spacial score (nSPS) is 21.5. The highest BCUT2D eigenvalue weighted by molar-refractivity contribution is 7.91. The molecule has 0 aliphatic carbocycles. The molecule has 1 aliphatic rings. The van der Waals surface area contributed by atoms with Crippen molar-refractivity contribution < 1.29 is 12.9 Å². The Morgan fingerprint density at radius 1 is 1.47 bits per heavy atom. The Morgan fingerprint density at radius 2 is 2.21 bits per heavy atom. The summed E-state index contributed by atoms with van der Waals surface area (Å²) in [6.45, 7) is 5.19. The molecule has 1 atom stereocenters. The molecule has 1 unspecified atom stereocenters. The van der Waals surface area contributed by atoms with Gasteiger partial charge in [-0.3, -0.25) is 0 Å². The van der Waals surface area contributed by atoms with Crippen LogP contribution in [0.4, 0.5) is 0 Å². The van der Waals surface area contributed by atoms with Crippen molar-refractivity contribution in [3.63, 3.8) is 0 Å². The van der Waals surface area contributed by atoms with Crippen LogP contribution in [0, 0.1) is 5.92 Å². The first-order valence-corrected chi connectivity index (χ1v) is 8.43. The van der Waals surface area contributed by atoms with E-state index in [-0.39, 0.29) is 5.89 Å². The monoisotopic (exact) mass is 287 g/mol. The van der Waals surface area contributed by atoms with Crippen molar-refractivity contribution in [3.8, 4) is 0 Å². The van der Waals surface area contributed by atoms with E-state index in [0.717, 1.165) is 32.4 Å². The van der Waals surface area contributed by atoms with Gasteiger partial charge in [0.05, 0.1) is 0 Å². The maximum Gasteiger partial charge on any atom is 0.247 e. The van der Waals surface area contributed by atoms with Crippen LogP contribution < -0.4 is 5.32 Å². The lowest BCUT2D eigenvalue weighted by Crippen LogP contribution is -2.31. The molecule has 0 aromatic carbocycles. The Labute approximate surface area is 113 Å². The van der Waals surface area contributed by atoms with Gasteiger partial charge in [0.15, 0.2) is 15.7 Å². The minimum Gasteiger partial charge on any atom is -0.338 e. The molecule has 7 heteroatoms. The summed E-state index contributed by atoms with van der Waals surface area (Å²) < 4.78 is 27.4. The maximum atomic E-state index is 11.7. The summed E-state index contributed by atoms with van der Waals surface area (Å²) in [5.74, 6) is 1.27. The first-order valence-electron chi connectivity index (χ1n) is 6.54. The van der Waals surface area contributed by atoms with Crippen molar-refractivity contribution in [1.29, 1.82) is 0 Å². The third-order valence-corrected chi connectivity index (χ3v) is 5.81. The Bertz CT molecular complexity index is 530. The van der Waals surface area contributed by atoms with Gasteiger partial charge in [0.1, 0.15) is 4.75 Å². The van der Waals surface area contributed by atoms with Crippen molar-refractivity contribution in [3.05, 3.63) is 11.7 Å². The Morgan fingerprint density at radius 3 is 2.79 bits per heavy atom. The molecule has 1 saturated heterocycles. The van der Waals surface area contributed by atoms with Crippen LogP contribution in [0.1, 0.15) is 38.4 Å². The second-order valence-corrected chi connectivity index (χ2v) is 8.28. The average molecular weight is 287 g/mol. The summed E-state index contributed by atoms with van der Waals surface area (Å²) in [5, 5.41) is 7.25. The molecule has 2 heterocycles. The van der Waals surface area contributed by atoms with Crippen LogP contribution in [0.3, 0.4) is 0 Å². The molecule has 1 N–H and O–H groups in total. The fourth-order valence-corrected chi connectivity index (χ4v) is 2.50. The van der Waals surface area contributed by atoms with Gasteiger partial charge in [-0.25, -0.2) is 8.42 Å². The van der Waals surface area contributed by atoms with Crippen LogP contribution in [0.5, 0.6) is 0 Å². The van der Waals surface area contributed by atoms with Gasteiger partial charge >= 0.3 is 0 Å². The second kappa shape index (κ2) is 5.20. The molecular formula is C12H21N3O3S. The topological polar surface area (TPSA) is 85.1 Å². The third-order valence-electron chi connectivity index (χ3n) is 3.78. The minimum absolute atomic E-state index is 0.175. The van der Waals surface area contributed by atoms with Gasteiger partial charge in [0.25, 0.3) is 0 Å². The fraction of sp³-hybridized carbons (Fsp3) is 0.833. The molecule has 1 aromatic rings. The van der Waals surface area contributed by atoms with E-state index in [1.54, 1.807) is 13.8 Å². The summed E-state index contributed by atoms with van der Waals surface area (Å²) >= 11 is 0. The van der Waals surface area contributed by atoms with E-state index >= 15 is 0 Å². The zero-order valence-electron chi connectivity index (χ0n) is 11.6. The molecule has 1 aliphatic heterocycles. The quantitative estimate of drug-likeness (QED) is 0.885. The largest absolute Gasteiger partial charge is 0.338 e. The number of piperidine rings is 1. The Kier molecular flexibility index (Phi) is 3.96. The van der Waals surface area contributed by atoms with E-state index in [0.29, 0.717) is 11.7 Å². The summed E-state index contributed by atoms with van der Waals surface area (Å²) in [5.41, 5.74) is 0. The van der Waals surface area contributed by atoms with Crippen molar-refractivity contribution in [2.75, 3.05) is 19.3 Å². The number of nitrogens with one attached hydrogen (secondary N) is 1. The van der Waals surface area contributed by atoms with E-state index in [9.17, 15) is 8.42 Å². The molecule has 0 saturated carbocycles. The molecule has 0 spiro atoms. The highest BCUT2D eigenvalue weighted by Crippen LogP contribution is 2.27. The minimum atomic E-state index is -3.28. The Hall–Kier alpha value is -0.950. The molecule has 108 valence electrons. The number of aromatic nitrogens is 2. The molecule has 2 rings (SSSR count). The number of nitrogens with zero attached hydrogens (tertiary/aromatic N) is 2. The number of sulfone groups is 1. The molecule has 1 aromatic heterocycles. The lowest BCUT2D eigenvalue weighted by molar-refractivity contribution is 0.334. The van der Waals surface area contributed by atoms with Crippen molar-refractivity contribution >= 4 is 9.84 Å². The molecule has 1 fully saturated rings. The molecule has 0 amide bonds. The van der Waals surface area contributed by atoms with Gasteiger partial charge in [-0.15, -0.1) is 0 Å². The summed E-state index contributed by atoms with van der Waals surface area (Å²) in [4.78, 5) is 4.26. The van der Waals surface area contributed by atoms with E-state index in [2.05, 4.69) is 15.5 Å². The third kappa shape index (κ3) is 3.14. The standard InChI is InChI=1S/C12H21N3O3S/c1-12(2,19(3,16)17)11-14-10(15-18-11)7-9-5-4-6-13-8-9/h9,13H,4-8H2,1-3H3.